The molecule has 2 fully saturated rings. The molecule has 7 heteroatoms. The number of piperazine rings is 1. The second-order valence-electron chi connectivity index (χ2n) is 9.56. The summed E-state index contributed by atoms with van der Waals surface area (Å²) in [5.74, 6) is -0.231. The van der Waals surface area contributed by atoms with E-state index < -0.39 is 17.4 Å². The Morgan fingerprint density at radius 3 is 2.27 bits per heavy atom. The highest BCUT2D eigenvalue weighted by Gasteiger charge is 2.50. The molecule has 0 unspecified atom stereocenters. The van der Waals surface area contributed by atoms with E-state index in [2.05, 4.69) is 35.4 Å². The van der Waals surface area contributed by atoms with Crippen LogP contribution in [-0.4, -0.2) is 65.6 Å². The van der Waals surface area contributed by atoms with Crippen LogP contribution in [0.25, 0.3) is 0 Å². The molecule has 1 N–H and O–H groups in total. The molecule has 0 spiro atoms. The number of halogens is 3. The maximum atomic E-state index is 12.8. The summed E-state index contributed by atoms with van der Waals surface area (Å²) < 4.78 is 42.6. The molecular weight excluding hydrogens is 393 g/mol. The number of nitrogens with zero attached hydrogens (tertiary/aromatic N) is 2. The minimum Gasteiger partial charge on any atom is -0.406 e. The molecule has 3 rings (SSSR count). The zero-order chi connectivity index (χ0) is 22.2. The third-order valence-corrected chi connectivity index (χ3v) is 7.39. The smallest absolute Gasteiger partial charge is 0.406 e. The Labute approximate surface area is 178 Å². The lowest BCUT2D eigenvalue weighted by Crippen LogP contribution is -2.61. The van der Waals surface area contributed by atoms with Gasteiger partial charge in [0.15, 0.2) is 0 Å². The van der Waals surface area contributed by atoms with Crippen LogP contribution < -0.4 is 4.74 Å². The number of ether oxygens (including phenoxy) is 1. The van der Waals surface area contributed by atoms with E-state index in [9.17, 15) is 18.3 Å². The molecule has 30 heavy (non-hydrogen) atoms. The van der Waals surface area contributed by atoms with Gasteiger partial charge in [0, 0.05) is 37.1 Å². The van der Waals surface area contributed by atoms with E-state index in [0.717, 1.165) is 32.4 Å². The minimum absolute atomic E-state index is 0.231. The van der Waals surface area contributed by atoms with Crippen LogP contribution in [0.3, 0.4) is 0 Å². The van der Waals surface area contributed by atoms with Crippen molar-refractivity contribution in [1.29, 1.82) is 0 Å². The van der Waals surface area contributed by atoms with Gasteiger partial charge in [-0.15, -0.1) is 13.2 Å². The van der Waals surface area contributed by atoms with E-state index in [0.29, 0.717) is 37.0 Å². The molecule has 1 aromatic carbocycles. The van der Waals surface area contributed by atoms with Crippen molar-refractivity contribution in [2.75, 3.05) is 26.7 Å². The fourth-order valence-electron chi connectivity index (χ4n) is 5.32. The highest BCUT2D eigenvalue weighted by Crippen LogP contribution is 2.46. The molecule has 170 valence electrons. The zero-order valence-electron chi connectivity index (χ0n) is 18.5. The molecule has 2 aliphatic rings. The lowest BCUT2D eigenvalue weighted by Gasteiger charge is -2.52. The van der Waals surface area contributed by atoms with Crippen LogP contribution in [0.4, 0.5) is 13.2 Å². The molecular formula is C23H35F3N2O2. The van der Waals surface area contributed by atoms with Gasteiger partial charge >= 0.3 is 6.36 Å². The number of hydrogen-bond acceptors (Lipinski definition) is 4. The summed E-state index contributed by atoms with van der Waals surface area (Å²) in [4.78, 5) is 4.71. The summed E-state index contributed by atoms with van der Waals surface area (Å²) >= 11 is 0. The lowest BCUT2D eigenvalue weighted by molar-refractivity contribution is -0.274. The molecule has 0 bridgehead atoms. The van der Waals surface area contributed by atoms with Gasteiger partial charge < -0.3 is 9.84 Å². The monoisotopic (exact) mass is 428 g/mol. The number of likely N-dealkylation sites (N-methyl/N-ethyl adjacent to an activating group) is 1. The molecule has 3 atom stereocenters. The fourth-order valence-corrected chi connectivity index (χ4v) is 5.32. The number of hydrogen-bond donors (Lipinski definition) is 1. The van der Waals surface area contributed by atoms with E-state index in [1.165, 1.54) is 12.1 Å². The van der Waals surface area contributed by atoms with Gasteiger partial charge in [0.05, 0.1) is 5.60 Å². The van der Waals surface area contributed by atoms with Gasteiger partial charge in [-0.25, -0.2) is 0 Å². The predicted molar refractivity (Wildman–Crippen MR) is 112 cm³/mol. The van der Waals surface area contributed by atoms with Crippen LogP contribution >= 0.6 is 0 Å². The first-order valence-corrected chi connectivity index (χ1v) is 11.0. The SMILES string of the molecule is C[C@@H]1CN(C[C@](C)(c2cccc(OC(F)(F)F)c2)C2(O)CCCCC2)C[C@H](C)N1C. The molecule has 1 saturated carbocycles. The van der Waals surface area contributed by atoms with Crippen LogP contribution in [-0.2, 0) is 5.41 Å². The van der Waals surface area contributed by atoms with E-state index in [1.54, 1.807) is 6.07 Å². The maximum absolute atomic E-state index is 12.8. The third-order valence-electron chi connectivity index (χ3n) is 7.39. The quantitative estimate of drug-likeness (QED) is 0.746. The normalized spacial score (nSPS) is 28.1. The Morgan fingerprint density at radius 2 is 1.70 bits per heavy atom. The fraction of sp³-hybridized carbons (Fsp3) is 0.739. The summed E-state index contributed by atoms with van der Waals surface area (Å²) in [5, 5.41) is 11.8. The van der Waals surface area contributed by atoms with Crippen LogP contribution in [0.5, 0.6) is 5.75 Å². The Bertz CT molecular complexity index is 709. The van der Waals surface area contributed by atoms with Crippen LogP contribution in [0.2, 0.25) is 0 Å². The molecule has 0 radical (unpaired) electrons. The summed E-state index contributed by atoms with van der Waals surface area (Å²) in [6, 6.07) is 6.96. The maximum Gasteiger partial charge on any atom is 0.573 e. The first-order valence-electron chi connectivity index (χ1n) is 11.0. The topological polar surface area (TPSA) is 35.9 Å². The first kappa shape index (κ1) is 23.4. The molecule has 1 aliphatic heterocycles. The summed E-state index contributed by atoms with van der Waals surface area (Å²) in [6.45, 7) is 8.72. The van der Waals surface area contributed by atoms with Gasteiger partial charge in [-0.1, -0.05) is 38.3 Å². The van der Waals surface area contributed by atoms with Gasteiger partial charge in [-0.05, 0) is 51.4 Å². The van der Waals surface area contributed by atoms with Crippen molar-refractivity contribution in [3.05, 3.63) is 29.8 Å². The largest absolute Gasteiger partial charge is 0.573 e. The zero-order valence-corrected chi connectivity index (χ0v) is 18.5. The summed E-state index contributed by atoms with van der Waals surface area (Å²) in [5.41, 5.74) is -0.959. The van der Waals surface area contributed by atoms with Crippen LogP contribution in [0, 0.1) is 0 Å². The molecule has 1 heterocycles. The minimum atomic E-state index is -4.74. The second kappa shape index (κ2) is 8.67. The Morgan fingerprint density at radius 1 is 1.10 bits per heavy atom. The van der Waals surface area contributed by atoms with E-state index in [1.807, 2.05) is 13.0 Å². The standard InChI is InChI=1S/C23H35F3N2O2/c1-17-14-28(15-18(2)27(17)4)16-21(3,22(29)11-6-5-7-12-22)19-9-8-10-20(13-19)30-23(24,25)26/h8-10,13,17-18,29H,5-7,11-12,14-16H2,1-4H3/t17-,18+,21-/m1/s1. The van der Waals surface area contributed by atoms with Gasteiger partial charge in [0.1, 0.15) is 5.75 Å². The number of rotatable bonds is 5. The Balaban J connectivity index is 1.96. The van der Waals surface area contributed by atoms with Crippen LogP contribution in [0.1, 0.15) is 58.4 Å². The molecule has 1 saturated heterocycles. The second-order valence-corrected chi connectivity index (χ2v) is 9.56. The Hall–Kier alpha value is -1.31. The number of aliphatic hydroxyl groups is 1. The lowest BCUT2D eigenvalue weighted by atomic mass is 9.62. The van der Waals surface area contributed by atoms with E-state index in [4.69, 9.17) is 0 Å². The molecule has 1 aliphatic carbocycles. The van der Waals surface area contributed by atoms with Gasteiger partial charge in [-0.2, -0.15) is 0 Å². The highest BCUT2D eigenvalue weighted by atomic mass is 19.4. The van der Waals surface area contributed by atoms with Crippen molar-refractivity contribution in [3.8, 4) is 5.75 Å². The van der Waals surface area contributed by atoms with Crippen molar-refractivity contribution in [1.82, 2.24) is 9.80 Å². The molecule has 0 amide bonds. The van der Waals surface area contributed by atoms with Gasteiger partial charge in [0.25, 0.3) is 0 Å². The average molecular weight is 429 g/mol. The average Bonchev–Trinajstić information content (AvgIpc) is 2.65. The van der Waals surface area contributed by atoms with Crippen molar-refractivity contribution >= 4 is 0 Å². The predicted octanol–water partition coefficient (Wildman–Crippen LogP) is 4.56. The van der Waals surface area contributed by atoms with Crippen molar-refractivity contribution in [3.63, 3.8) is 0 Å². The summed E-state index contributed by atoms with van der Waals surface area (Å²) in [7, 11) is 2.12. The summed E-state index contributed by atoms with van der Waals surface area (Å²) in [6.07, 6.45) is -0.475. The first-order chi connectivity index (χ1) is 13.9. The van der Waals surface area contributed by atoms with Crippen molar-refractivity contribution in [2.24, 2.45) is 0 Å². The van der Waals surface area contributed by atoms with Crippen LogP contribution in [0.15, 0.2) is 24.3 Å². The number of benzene rings is 1. The molecule has 0 aromatic heterocycles. The van der Waals surface area contributed by atoms with E-state index >= 15 is 0 Å². The molecule has 4 nitrogen and oxygen atoms in total. The molecule has 1 aromatic rings. The highest BCUT2D eigenvalue weighted by molar-refractivity contribution is 5.37. The Kier molecular flexibility index (Phi) is 6.75. The van der Waals surface area contributed by atoms with Gasteiger partial charge in [0.2, 0.25) is 0 Å². The van der Waals surface area contributed by atoms with E-state index in [-0.39, 0.29) is 5.75 Å². The third kappa shape index (κ3) is 4.94. The van der Waals surface area contributed by atoms with Gasteiger partial charge in [-0.3, -0.25) is 9.80 Å². The number of alkyl halides is 3. The van der Waals surface area contributed by atoms with Crippen molar-refractivity contribution in [2.45, 2.75) is 82.3 Å². The van der Waals surface area contributed by atoms with Crippen molar-refractivity contribution < 1.29 is 23.0 Å².